The summed E-state index contributed by atoms with van der Waals surface area (Å²) in [5, 5.41) is 3.35. The number of benzene rings is 1. The molecule has 0 aromatic heterocycles. The van der Waals surface area contributed by atoms with Crippen molar-refractivity contribution in [2.45, 2.75) is 39.0 Å². The Hall–Kier alpha value is -1.16. The molecule has 17 heavy (non-hydrogen) atoms. The molecule has 0 heterocycles. The van der Waals surface area contributed by atoms with Crippen molar-refractivity contribution in [2.24, 2.45) is 5.92 Å². The van der Waals surface area contributed by atoms with Gasteiger partial charge in [0.1, 0.15) is 5.75 Å². The van der Waals surface area contributed by atoms with Gasteiger partial charge in [-0.2, -0.15) is 8.78 Å². The van der Waals surface area contributed by atoms with Crippen LogP contribution in [0.4, 0.5) is 8.78 Å². The zero-order valence-corrected chi connectivity index (χ0v) is 9.83. The molecule has 0 bridgehead atoms. The van der Waals surface area contributed by atoms with Crippen molar-refractivity contribution < 1.29 is 13.5 Å². The highest BCUT2D eigenvalue weighted by Crippen LogP contribution is 2.32. The largest absolute Gasteiger partial charge is 0.434 e. The van der Waals surface area contributed by atoms with Crippen LogP contribution in [0.2, 0.25) is 0 Å². The predicted octanol–water partition coefficient (Wildman–Crippen LogP) is 3.18. The van der Waals surface area contributed by atoms with E-state index in [0.717, 1.165) is 11.5 Å². The number of para-hydroxylation sites is 1. The minimum absolute atomic E-state index is 0.262. The molecular weight excluding hydrogens is 224 g/mol. The standard InChI is InChI=1S/C13H17F2NO/c1-9(10-6-7-10)16-8-11-4-2-3-5-12(11)17-13(14)15/h2-5,9-10,13,16H,6-8H2,1H3. The lowest BCUT2D eigenvalue weighted by Crippen LogP contribution is -2.27. The molecule has 1 fully saturated rings. The summed E-state index contributed by atoms with van der Waals surface area (Å²) in [6.45, 7) is -0.0635. The fourth-order valence-electron chi connectivity index (χ4n) is 1.89. The van der Waals surface area contributed by atoms with E-state index in [9.17, 15) is 8.78 Å². The fourth-order valence-corrected chi connectivity index (χ4v) is 1.89. The predicted molar refractivity (Wildman–Crippen MR) is 62.1 cm³/mol. The molecule has 1 aliphatic rings. The van der Waals surface area contributed by atoms with E-state index in [1.807, 2.05) is 12.1 Å². The number of nitrogens with one attached hydrogen (secondary N) is 1. The van der Waals surface area contributed by atoms with Gasteiger partial charge in [0.05, 0.1) is 0 Å². The number of hydrogen-bond donors (Lipinski definition) is 1. The average Bonchev–Trinajstić information content (AvgIpc) is 3.10. The number of halogens is 2. The normalized spacial score (nSPS) is 17.2. The molecule has 94 valence electrons. The van der Waals surface area contributed by atoms with Gasteiger partial charge >= 0.3 is 6.61 Å². The first-order valence-electron chi connectivity index (χ1n) is 5.93. The van der Waals surface area contributed by atoms with Crippen molar-refractivity contribution in [3.8, 4) is 5.75 Å². The summed E-state index contributed by atoms with van der Waals surface area (Å²) in [5.74, 6) is 1.01. The zero-order chi connectivity index (χ0) is 12.3. The molecule has 1 saturated carbocycles. The summed E-state index contributed by atoms with van der Waals surface area (Å²) < 4.78 is 28.9. The third-order valence-corrected chi connectivity index (χ3v) is 3.13. The molecule has 0 saturated heterocycles. The maximum atomic E-state index is 12.2. The van der Waals surface area contributed by atoms with Crippen LogP contribution in [-0.2, 0) is 6.54 Å². The Labute approximate surface area is 100.0 Å². The molecule has 1 aromatic carbocycles. The highest BCUT2D eigenvalue weighted by molar-refractivity contribution is 5.33. The Kier molecular flexibility index (Phi) is 3.94. The molecule has 1 aromatic rings. The van der Waals surface area contributed by atoms with Gasteiger partial charge in [-0.25, -0.2) is 0 Å². The lowest BCUT2D eigenvalue weighted by atomic mass is 10.1. The van der Waals surface area contributed by atoms with Crippen LogP contribution in [0.5, 0.6) is 5.75 Å². The van der Waals surface area contributed by atoms with Crippen LogP contribution in [0.15, 0.2) is 24.3 Å². The van der Waals surface area contributed by atoms with Crippen molar-refractivity contribution in [1.29, 1.82) is 0 Å². The smallest absolute Gasteiger partial charge is 0.387 e. The summed E-state index contributed by atoms with van der Waals surface area (Å²) in [5.41, 5.74) is 0.778. The number of hydrogen-bond acceptors (Lipinski definition) is 2. The summed E-state index contributed by atoms with van der Waals surface area (Å²) in [6.07, 6.45) is 2.53. The minimum atomic E-state index is -2.77. The maximum Gasteiger partial charge on any atom is 0.387 e. The van der Waals surface area contributed by atoms with E-state index >= 15 is 0 Å². The Morgan fingerprint density at radius 3 is 2.71 bits per heavy atom. The van der Waals surface area contributed by atoms with Crippen molar-refractivity contribution in [3.05, 3.63) is 29.8 Å². The first-order valence-corrected chi connectivity index (χ1v) is 5.93. The van der Waals surface area contributed by atoms with Crippen LogP contribution in [0.25, 0.3) is 0 Å². The topological polar surface area (TPSA) is 21.3 Å². The van der Waals surface area contributed by atoms with Crippen LogP contribution in [0.3, 0.4) is 0 Å². The van der Waals surface area contributed by atoms with E-state index in [4.69, 9.17) is 0 Å². The molecular formula is C13H17F2NO. The molecule has 0 spiro atoms. The minimum Gasteiger partial charge on any atom is -0.434 e. The highest BCUT2D eigenvalue weighted by atomic mass is 19.3. The van der Waals surface area contributed by atoms with E-state index in [1.54, 1.807) is 12.1 Å². The number of alkyl halides is 2. The van der Waals surface area contributed by atoms with Crippen LogP contribution in [0.1, 0.15) is 25.3 Å². The van der Waals surface area contributed by atoms with Gasteiger partial charge in [0.2, 0.25) is 0 Å². The average molecular weight is 241 g/mol. The monoisotopic (exact) mass is 241 g/mol. The molecule has 1 aliphatic carbocycles. The highest BCUT2D eigenvalue weighted by Gasteiger charge is 2.27. The Morgan fingerprint density at radius 2 is 2.06 bits per heavy atom. The van der Waals surface area contributed by atoms with Crippen LogP contribution in [0, 0.1) is 5.92 Å². The van der Waals surface area contributed by atoms with E-state index in [1.165, 1.54) is 12.8 Å². The van der Waals surface area contributed by atoms with Crippen molar-refractivity contribution >= 4 is 0 Å². The lowest BCUT2D eigenvalue weighted by molar-refractivity contribution is -0.0505. The second-order valence-corrected chi connectivity index (χ2v) is 4.49. The van der Waals surface area contributed by atoms with Gasteiger partial charge in [-0.3, -0.25) is 0 Å². The van der Waals surface area contributed by atoms with Gasteiger partial charge in [0.15, 0.2) is 0 Å². The first-order chi connectivity index (χ1) is 8.16. The van der Waals surface area contributed by atoms with Gasteiger partial charge < -0.3 is 10.1 Å². The van der Waals surface area contributed by atoms with Gasteiger partial charge in [-0.15, -0.1) is 0 Å². The number of rotatable bonds is 6. The van der Waals surface area contributed by atoms with Gasteiger partial charge in [0.25, 0.3) is 0 Å². The Bertz CT molecular complexity index is 366. The molecule has 2 rings (SSSR count). The summed E-state index contributed by atoms with van der Waals surface area (Å²) in [7, 11) is 0. The van der Waals surface area contributed by atoms with Crippen molar-refractivity contribution in [3.63, 3.8) is 0 Å². The molecule has 1 unspecified atom stereocenters. The lowest BCUT2D eigenvalue weighted by Gasteiger charge is -2.15. The maximum absolute atomic E-state index is 12.2. The van der Waals surface area contributed by atoms with Crippen LogP contribution in [-0.4, -0.2) is 12.7 Å². The molecule has 1 atom stereocenters. The molecule has 0 amide bonds. The van der Waals surface area contributed by atoms with E-state index < -0.39 is 6.61 Å². The summed E-state index contributed by atoms with van der Waals surface area (Å²) >= 11 is 0. The summed E-state index contributed by atoms with van der Waals surface area (Å²) in [6, 6.07) is 7.35. The third kappa shape index (κ3) is 3.66. The Balaban J connectivity index is 1.93. The van der Waals surface area contributed by atoms with Crippen molar-refractivity contribution in [1.82, 2.24) is 5.32 Å². The molecule has 2 nitrogen and oxygen atoms in total. The van der Waals surface area contributed by atoms with Gasteiger partial charge in [0, 0.05) is 18.2 Å². The first kappa shape index (κ1) is 12.3. The second-order valence-electron chi connectivity index (χ2n) is 4.49. The van der Waals surface area contributed by atoms with Gasteiger partial charge in [-0.1, -0.05) is 18.2 Å². The molecule has 4 heteroatoms. The van der Waals surface area contributed by atoms with Gasteiger partial charge in [-0.05, 0) is 31.7 Å². The van der Waals surface area contributed by atoms with E-state index in [0.29, 0.717) is 12.6 Å². The molecule has 0 radical (unpaired) electrons. The SMILES string of the molecule is CC(NCc1ccccc1OC(F)F)C1CC1. The number of ether oxygens (including phenoxy) is 1. The third-order valence-electron chi connectivity index (χ3n) is 3.13. The summed E-state index contributed by atoms with van der Waals surface area (Å²) in [4.78, 5) is 0. The van der Waals surface area contributed by atoms with Crippen molar-refractivity contribution in [2.75, 3.05) is 0 Å². The van der Waals surface area contributed by atoms with Crippen LogP contribution >= 0.6 is 0 Å². The molecule has 1 N–H and O–H groups in total. The zero-order valence-electron chi connectivity index (χ0n) is 9.83. The quantitative estimate of drug-likeness (QED) is 0.826. The van der Waals surface area contributed by atoms with E-state index in [-0.39, 0.29) is 5.75 Å². The van der Waals surface area contributed by atoms with E-state index in [2.05, 4.69) is 17.0 Å². The molecule has 0 aliphatic heterocycles. The van der Waals surface area contributed by atoms with Crippen LogP contribution < -0.4 is 10.1 Å². The fraction of sp³-hybridized carbons (Fsp3) is 0.538. The Morgan fingerprint density at radius 1 is 1.35 bits per heavy atom. The second kappa shape index (κ2) is 5.45.